The van der Waals surface area contributed by atoms with Crippen molar-refractivity contribution in [3.8, 4) is 0 Å². The summed E-state index contributed by atoms with van der Waals surface area (Å²) in [6, 6.07) is 0. The van der Waals surface area contributed by atoms with Gasteiger partial charge in [-0.25, -0.2) is 4.79 Å². The number of nitrogens with zero attached hydrogens (tertiary/aromatic N) is 1. The number of piperazine rings is 1. The zero-order valence-electron chi connectivity index (χ0n) is 9.16. The number of carbonyl (C=O) groups excluding carboxylic acids is 1. The normalized spacial score (nSPS) is 18.9. The van der Waals surface area contributed by atoms with Gasteiger partial charge in [0.05, 0.1) is 0 Å². The van der Waals surface area contributed by atoms with Gasteiger partial charge in [-0.1, -0.05) is 6.08 Å². The zero-order valence-corrected chi connectivity index (χ0v) is 9.16. The molecule has 1 fully saturated rings. The third-order valence-corrected chi connectivity index (χ3v) is 2.40. The maximum absolute atomic E-state index is 11.2. The number of esters is 1. The van der Waals surface area contributed by atoms with Crippen LogP contribution < -0.4 is 11.1 Å². The van der Waals surface area contributed by atoms with E-state index in [1.54, 1.807) is 13.0 Å². The highest BCUT2D eigenvalue weighted by atomic mass is 16.5. The lowest BCUT2D eigenvalue weighted by molar-refractivity contribution is -0.139. The average molecular weight is 213 g/mol. The van der Waals surface area contributed by atoms with Crippen LogP contribution in [0.1, 0.15) is 6.92 Å². The number of nitrogens with one attached hydrogen (secondary N) is 1. The molecule has 0 spiro atoms. The summed E-state index contributed by atoms with van der Waals surface area (Å²) in [5, 5.41) is 3.26. The molecular weight excluding hydrogens is 194 g/mol. The largest absolute Gasteiger partial charge is 0.460 e. The Labute approximate surface area is 90.3 Å². The van der Waals surface area contributed by atoms with Crippen LogP contribution >= 0.6 is 0 Å². The van der Waals surface area contributed by atoms with E-state index >= 15 is 0 Å². The molecule has 0 radical (unpaired) electrons. The van der Waals surface area contributed by atoms with Crippen molar-refractivity contribution in [1.82, 2.24) is 10.2 Å². The first kappa shape index (κ1) is 12.0. The molecule has 1 heterocycles. The summed E-state index contributed by atoms with van der Waals surface area (Å²) in [4.78, 5) is 13.4. The maximum atomic E-state index is 11.2. The summed E-state index contributed by atoms with van der Waals surface area (Å²) in [6.45, 7) is 6.94. The minimum atomic E-state index is -0.423. The van der Waals surface area contributed by atoms with Gasteiger partial charge in [-0.15, -0.1) is 0 Å². The Hall–Kier alpha value is -1.07. The van der Waals surface area contributed by atoms with Crippen molar-refractivity contribution < 1.29 is 9.53 Å². The highest BCUT2D eigenvalue weighted by molar-refractivity contribution is 5.87. The lowest BCUT2D eigenvalue weighted by Gasteiger charge is -2.26. The molecule has 0 aromatic rings. The number of ether oxygens (including phenoxy) is 1. The Morgan fingerprint density at radius 2 is 2.20 bits per heavy atom. The first-order valence-electron chi connectivity index (χ1n) is 5.26. The second-order valence-electron chi connectivity index (χ2n) is 3.47. The summed E-state index contributed by atoms with van der Waals surface area (Å²) >= 11 is 0. The molecule has 0 saturated carbocycles. The van der Waals surface area contributed by atoms with Crippen molar-refractivity contribution in [1.29, 1.82) is 0 Å². The van der Waals surface area contributed by atoms with Crippen molar-refractivity contribution in [2.45, 2.75) is 6.92 Å². The predicted octanol–water partition coefficient (Wildman–Crippen LogP) is -0.703. The van der Waals surface area contributed by atoms with E-state index in [1.165, 1.54) is 0 Å². The first-order valence-corrected chi connectivity index (χ1v) is 5.26. The van der Waals surface area contributed by atoms with E-state index in [-0.39, 0.29) is 5.70 Å². The van der Waals surface area contributed by atoms with Crippen LogP contribution in [0.25, 0.3) is 0 Å². The fraction of sp³-hybridized carbons (Fsp3) is 0.700. The number of carbonyl (C=O) groups is 1. The van der Waals surface area contributed by atoms with Crippen LogP contribution in [0.3, 0.4) is 0 Å². The number of rotatable bonds is 4. The molecule has 0 atom stereocenters. The maximum Gasteiger partial charge on any atom is 0.353 e. The fourth-order valence-electron chi connectivity index (χ4n) is 1.40. The van der Waals surface area contributed by atoms with Crippen molar-refractivity contribution in [2.24, 2.45) is 5.73 Å². The first-order chi connectivity index (χ1) is 7.24. The van der Waals surface area contributed by atoms with Crippen LogP contribution in [0.2, 0.25) is 0 Å². The van der Waals surface area contributed by atoms with Crippen molar-refractivity contribution >= 4 is 5.97 Å². The average Bonchev–Trinajstić information content (AvgIpc) is 2.29. The lowest BCUT2D eigenvalue weighted by Crippen LogP contribution is -2.44. The third-order valence-electron chi connectivity index (χ3n) is 2.40. The molecule has 15 heavy (non-hydrogen) atoms. The van der Waals surface area contributed by atoms with Gasteiger partial charge in [0.25, 0.3) is 0 Å². The summed E-state index contributed by atoms with van der Waals surface area (Å²) in [7, 11) is 0. The predicted molar refractivity (Wildman–Crippen MR) is 58.2 cm³/mol. The highest BCUT2D eigenvalue weighted by Crippen LogP contribution is 1.94. The van der Waals surface area contributed by atoms with Gasteiger partial charge >= 0.3 is 5.97 Å². The molecule has 5 nitrogen and oxygen atoms in total. The summed E-state index contributed by atoms with van der Waals surface area (Å²) < 4.78 is 5.00. The van der Waals surface area contributed by atoms with Crippen LogP contribution in [0.5, 0.6) is 0 Å². The Kier molecular flexibility index (Phi) is 5.14. The molecule has 1 aliphatic rings. The molecule has 0 aromatic carbocycles. The molecule has 0 aromatic heterocycles. The van der Waals surface area contributed by atoms with Crippen LogP contribution in [0.15, 0.2) is 11.8 Å². The number of allylic oxidation sites excluding steroid dienone is 1. The fourth-order valence-corrected chi connectivity index (χ4v) is 1.40. The van der Waals surface area contributed by atoms with E-state index < -0.39 is 5.97 Å². The standard InChI is InChI=1S/C10H19N3O2/c1-2-9(11)10(14)15-8-7-13-5-3-12-4-6-13/h2,12H,3-8,11H2,1H3. The molecule has 0 aliphatic carbocycles. The molecule has 5 heteroatoms. The molecule has 86 valence electrons. The minimum Gasteiger partial charge on any atom is -0.460 e. The van der Waals surface area contributed by atoms with Crippen LogP contribution in [0, 0.1) is 0 Å². The molecule has 1 saturated heterocycles. The van der Waals surface area contributed by atoms with Crippen molar-refractivity contribution in [3.05, 3.63) is 11.8 Å². The van der Waals surface area contributed by atoms with Gasteiger partial charge in [0, 0.05) is 32.7 Å². The Morgan fingerprint density at radius 3 is 2.80 bits per heavy atom. The summed E-state index contributed by atoms with van der Waals surface area (Å²) in [6.07, 6.45) is 1.55. The second-order valence-corrected chi connectivity index (χ2v) is 3.47. The van der Waals surface area contributed by atoms with Crippen molar-refractivity contribution in [3.63, 3.8) is 0 Å². The topological polar surface area (TPSA) is 67.6 Å². The van der Waals surface area contributed by atoms with E-state index in [0.717, 1.165) is 32.7 Å². The number of nitrogens with two attached hydrogens (primary N) is 1. The third kappa shape index (κ3) is 4.31. The van der Waals surface area contributed by atoms with Gasteiger partial charge in [0.1, 0.15) is 12.3 Å². The Morgan fingerprint density at radius 1 is 1.53 bits per heavy atom. The van der Waals surface area contributed by atoms with Gasteiger partial charge in [-0.2, -0.15) is 0 Å². The minimum absolute atomic E-state index is 0.176. The Bertz CT molecular complexity index is 235. The number of hydrogen-bond acceptors (Lipinski definition) is 5. The van der Waals surface area contributed by atoms with Gasteiger partial charge < -0.3 is 15.8 Å². The molecule has 1 rings (SSSR count). The highest BCUT2D eigenvalue weighted by Gasteiger charge is 2.10. The van der Waals surface area contributed by atoms with Gasteiger partial charge in [0.15, 0.2) is 0 Å². The second kappa shape index (κ2) is 6.42. The van der Waals surface area contributed by atoms with Crippen LogP contribution in [0.4, 0.5) is 0 Å². The smallest absolute Gasteiger partial charge is 0.353 e. The van der Waals surface area contributed by atoms with E-state index in [0.29, 0.717) is 6.61 Å². The molecule has 0 bridgehead atoms. The SMILES string of the molecule is CC=C(N)C(=O)OCCN1CCNCC1. The molecule has 0 unspecified atom stereocenters. The van der Waals surface area contributed by atoms with Crippen LogP contribution in [-0.2, 0) is 9.53 Å². The van der Waals surface area contributed by atoms with E-state index in [2.05, 4.69) is 10.2 Å². The van der Waals surface area contributed by atoms with Gasteiger partial charge in [0.2, 0.25) is 0 Å². The quantitative estimate of drug-likeness (QED) is 0.477. The zero-order chi connectivity index (χ0) is 11.1. The van der Waals surface area contributed by atoms with E-state index in [1.807, 2.05) is 0 Å². The van der Waals surface area contributed by atoms with Gasteiger partial charge in [-0.05, 0) is 6.92 Å². The monoisotopic (exact) mass is 213 g/mol. The number of hydrogen-bond donors (Lipinski definition) is 2. The summed E-state index contributed by atoms with van der Waals surface area (Å²) in [5.74, 6) is -0.423. The van der Waals surface area contributed by atoms with Gasteiger partial charge in [-0.3, -0.25) is 4.90 Å². The van der Waals surface area contributed by atoms with E-state index in [9.17, 15) is 4.79 Å². The molecule has 0 amide bonds. The lowest BCUT2D eigenvalue weighted by atomic mass is 10.3. The summed E-state index contributed by atoms with van der Waals surface area (Å²) in [5.41, 5.74) is 5.57. The van der Waals surface area contributed by atoms with E-state index in [4.69, 9.17) is 10.5 Å². The molecular formula is C10H19N3O2. The Balaban J connectivity index is 2.12. The molecule has 3 N–H and O–H groups in total. The van der Waals surface area contributed by atoms with Crippen LogP contribution in [-0.4, -0.2) is 50.2 Å². The molecule has 1 aliphatic heterocycles. The van der Waals surface area contributed by atoms with Crippen molar-refractivity contribution in [2.75, 3.05) is 39.3 Å².